The number of aryl methyl sites for hydroxylation is 2. The summed E-state index contributed by atoms with van der Waals surface area (Å²) in [5.74, 6) is -0.531. The molecule has 1 atom stereocenters. The van der Waals surface area contributed by atoms with Crippen molar-refractivity contribution in [3.63, 3.8) is 0 Å². The summed E-state index contributed by atoms with van der Waals surface area (Å²) in [5.41, 5.74) is 4.19. The molecule has 2 N–H and O–H groups in total. The summed E-state index contributed by atoms with van der Waals surface area (Å²) in [6.07, 6.45) is -1.32. The lowest BCUT2D eigenvalue weighted by atomic mass is 9.89. The number of carbonyl (C=O) groups is 1. The summed E-state index contributed by atoms with van der Waals surface area (Å²) in [6.45, 7) is 3.84. The molecule has 274 valence electrons. The molecule has 3 aromatic heterocycles. The topological polar surface area (TPSA) is 146 Å². The van der Waals surface area contributed by atoms with Gasteiger partial charge in [0.1, 0.15) is 23.4 Å². The lowest BCUT2D eigenvalue weighted by Crippen LogP contribution is -2.70. The smallest absolute Gasteiger partial charge is 0.332 e. The zero-order chi connectivity index (χ0) is 37.3. The van der Waals surface area contributed by atoms with E-state index in [-0.39, 0.29) is 41.0 Å². The van der Waals surface area contributed by atoms with Crippen molar-refractivity contribution in [3.05, 3.63) is 90.8 Å². The van der Waals surface area contributed by atoms with Crippen molar-refractivity contribution in [2.24, 2.45) is 14.1 Å². The van der Waals surface area contributed by atoms with Gasteiger partial charge in [0.25, 0.3) is 12.0 Å². The predicted molar refractivity (Wildman–Crippen MR) is 194 cm³/mol. The number of pyridine rings is 1. The predicted octanol–water partition coefficient (Wildman–Crippen LogP) is 4.60. The molecule has 3 aliphatic rings. The van der Waals surface area contributed by atoms with E-state index in [0.717, 1.165) is 38.7 Å². The fourth-order valence-electron chi connectivity index (χ4n) is 7.73. The van der Waals surface area contributed by atoms with Crippen molar-refractivity contribution >= 4 is 40.0 Å². The Labute approximate surface area is 306 Å². The van der Waals surface area contributed by atoms with Crippen LogP contribution >= 0.6 is 11.6 Å². The Kier molecular flexibility index (Phi) is 8.54. The number of anilines is 2. The van der Waals surface area contributed by atoms with Gasteiger partial charge in [0.2, 0.25) is 11.8 Å². The summed E-state index contributed by atoms with van der Waals surface area (Å²) in [4.78, 5) is 52.6. The third-order valence-corrected chi connectivity index (χ3v) is 10.9. The number of rotatable bonds is 7. The molecule has 16 heteroatoms. The molecule has 0 radical (unpaired) electrons. The van der Waals surface area contributed by atoms with Gasteiger partial charge in [0.05, 0.1) is 17.8 Å². The van der Waals surface area contributed by atoms with Crippen LogP contribution in [0.15, 0.2) is 52.1 Å². The maximum absolute atomic E-state index is 13.9. The number of halogens is 3. The number of alkyl halides is 2. The Balaban J connectivity index is 1.13. The summed E-state index contributed by atoms with van der Waals surface area (Å²) in [5, 5.41) is 6.34. The Morgan fingerprint density at radius 2 is 1.77 bits per heavy atom. The second-order valence-electron chi connectivity index (χ2n) is 13.7. The average molecular weight is 745 g/mol. The van der Waals surface area contributed by atoms with Crippen LogP contribution in [-0.2, 0) is 30.0 Å². The fraction of sp³-hybridized carbons (Fsp3) is 0.351. The Hall–Kier alpha value is -5.25. The van der Waals surface area contributed by atoms with Gasteiger partial charge in [-0.2, -0.15) is 0 Å². The number of hydrogen-bond donors (Lipinski definition) is 2. The highest BCUT2D eigenvalue weighted by atomic mass is 35.5. The number of ether oxygens (including phenoxy) is 2. The molecule has 13 nitrogen and oxygen atoms in total. The van der Waals surface area contributed by atoms with Crippen molar-refractivity contribution in [1.82, 2.24) is 34.3 Å². The van der Waals surface area contributed by atoms with E-state index >= 15 is 0 Å². The van der Waals surface area contributed by atoms with E-state index in [1.165, 1.54) is 14.1 Å². The van der Waals surface area contributed by atoms with Gasteiger partial charge in [-0.3, -0.25) is 23.6 Å². The normalized spacial score (nSPS) is 18.0. The minimum absolute atomic E-state index is 0.0785. The first kappa shape index (κ1) is 34.8. The minimum Gasteiger partial charge on any atom is -0.481 e. The van der Waals surface area contributed by atoms with E-state index in [2.05, 4.69) is 31.6 Å². The first-order valence-electron chi connectivity index (χ1n) is 17.0. The largest absolute Gasteiger partial charge is 0.481 e. The van der Waals surface area contributed by atoms with Gasteiger partial charge in [-0.1, -0.05) is 41.9 Å². The molecule has 5 heterocycles. The van der Waals surface area contributed by atoms with E-state index in [9.17, 15) is 23.2 Å². The highest BCUT2D eigenvalue weighted by molar-refractivity contribution is 6.36. The number of hydrogen-bond acceptors (Lipinski definition) is 10. The Morgan fingerprint density at radius 1 is 1.04 bits per heavy atom. The number of likely N-dealkylation sites (tertiary alicyclic amines) is 1. The molecule has 1 aliphatic carbocycles. The second-order valence-corrected chi connectivity index (χ2v) is 14.1. The maximum atomic E-state index is 13.9. The zero-order valence-corrected chi connectivity index (χ0v) is 30.1. The standard InChI is InChI=1S/C37H35ClF2N8O5/c1-18-20(7-6-10-23(18)42-31-28-33(45-32(44-31)30(39)40)46(2)36(51)47(3)35(28)50)21-8-5-9-22(29(21)38)24-13-19-11-12-25(27(19)34(43-24)52-4)48-16-37(17-48)15-41-26(49)14-53-37/h5-10,13,25,30H,11-12,14-17H2,1-4H3,(H,41,49)(H,42,44,45)/t25-/m1/s1. The highest BCUT2D eigenvalue weighted by Gasteiger charge is 2.50. The molecule has 0 unspecified atom stereocenters. The molecule has 0 bridgehead atoms. The van der Waals surface area contributed by atoms with E-state index in [1.807, 2.05) is 31.2 Å². The molecule has 0 saturated carbocycles. The van der Waals surface area contributed by atoms with Gasteiger partial charge in [-0.15, -0.1) is 0 Å². The maximum Gasteiger partial charge on any atom is 0.332 e. The van der Waals surface area contributed by atoms with Crippen LogP contribution in [0, 0.1) is 6.92 Å². The molecule has 2 aliphatic heterocycles. The first-order valence-corrected chi connectivity index (χ1v) is 17.4. The van der Waals surface area contributed by atoms with Crippen molar-refractivity contribution in [3.8, 4) is 28.3 Å². The summed E-state index contributed by atoms with van der Waals surface area (Å²) < 4.78 is 41.5. The molecule has 8 rings (SSSR count). The average Bonchev–Trinajstić information content (AvgIpc) is 3.56. The molecule has 1 amide bonds. The van der Waals surface area contributed by atoms with Crippen LogP contribution < -0.4 is 26.6 Å². The molecule has 1 spiro atoms. The van der Waals surface area contributed by atoms with Gasteiger partial charge >= 0.3 is 5.69 Å². The van der Waals surface area contributed by atoms with Crippen LogP contribution in [0.3, 0.4) is 0 Å². The van der Waals surface area contributed by atoms with Gasteiger partial charge in [0.15, 0.2) is 11.5 Å². The lowest BCUT2D eigenvalue weighted by Gasteiger charge is -2.53. The van der Waals surface area contributed by atoms with E-state index in [0.29, 0.717) is 58.6 Å². The molecule has 2 saturated heterocycles. The number of methoxy groups -OCH3 is 1. The number of morpholine rings is 1. The number of fused-ring (bicyclic) bond motifs is 2. The number of nitrogens with one attached hydrogen (secondary N) is 2. The molecule has 53 heavy (non-hydrogen) atoms. The van der Waals surface area contributed by atoms with Crippen LogP contribution in [0.25, 0.3) is 33.4 Å². The van der Waals surface area contributed by atoms with Crippen LogP contribution in [0.2, 0.25) is 5.02 Å². The first-order chi connectivity index (χ1) is 25.4. The number of amides is 1. The van der Waals surface area contributed by atoms with Crippen molar-refractivity contribution in [1.29, 1.82) is 0 Å². The molecule has 2 fully saturated rings. The number of aromatic nitrogens is 5. The Bertz CT molecular complexity index is 2450. The third kappa shape index (κ3) is 5.74. The number of benzene rings is 2. The number of nitrogens with zero attached hydrogens (tertiary/aromatic N) is 6. The second kappa shape index (κ2) is 13.0. The lowest BCUT2D eigenvalue weighted by molar-refractivity contribution is -0.179. The van der Waals surface area contributed by atoms with Gasteiger partial charge in [-0.25, -0.2) is 28.5 Å². The fourth-order valence-corrected chi connectivity index (χ4v) is 8.05. The summed E-state index contributed by atoms with van der Waals surface area (Å²) in [7, 11) is 4.27. The van der Waals surface area contributed by atoms with Gasteiger partial charge in [0, 0.05) is 62.1 Å². The minimum atomic E-state index is -3.05. The van der Waals surface area contributed by atoms with Crippen molar-refractivity contribution in [2.45, 2.75) is 37.8 Å². The third-order valence-electron chi connectivity index (χ3n) is 10.5. The highest BCUT2D eigenvalue weighted by Crippen LogP contribution is 2.47. The van der Waals surface area contributed by atoms with Crippen LogP contribution in [0.5, 0.6) is 5.88 Å². The summed E-state index contributed by atoms with van der Waals surface area (Å²) >= 11 is 7.18. The quantitative estimate of drug-likeness (QED) is 0.243. The monoisotopic (exact) mass is 744 g/mol. The Morgan fingerprint density at radius 3 is 2.49 bits per heavy atom. The van der Waals surface area contributed by atoms with Crippen molar-refractivity contribution in [2.75, 3.05) is 38.7 Å². The summed E-state index contributed by atoms with van der Waals surface area (Å²) in [6, 6.07) is 13.3. The van der Waals surface area contributed by atoms with Crippen LogP contribution in [0.4, 0.5) is 20.3 Å². The SMILES string of the molecule is COc1nc(-c2cccc(-c3cccc(Nc4nc(C(F)F)nc5c4c(=O)n(C)c(=O)n5C)c3C)c2Cl)cc2c1[C@H](N1CC3(CNC(=O)CO3)C1)CC2. The number of carbonyl (C=O) groups excluding carboxylic acids is 1. The molecule has 5 aromatic rings. The molecular weight excluding hydrogens is 710 g/mol. The zero-order valence-electron chi connectivity index (χ0n) is 29.3. The van der Waals surface area contributed by atoms with E-state index in [4.69, 9.17) is 26.1 Å². The van der Waals surface area contributed by atoms with E-state index in [1.54, 1.807) is 19.2 Å². The molecule has 2 aromatic carbocycles. The van der Waals surface area contributed by atoms with Crippen molar-refractivity contribution < 1.29 is 23.0 Å². The van der Waals surface area contributed by atoms with Crippen LogP contribution in [-0.4, -0.2) is 73.8 Å². The van der Waals surface area contributed by atoms with Crippen LogP contribution in [0.1, 0.15) is 41.4 Å². The molecular formula is C37H35ClF2N8O5. The van der Waals surface area contributed by atoms with Gasteiger partial charge in [-0.05, 0) is 48.6 Å². The van der Waals surface area contributed by atoms with E-state index < -0.39 is 23.5 Å². The van der Waals surface area contributed by atoms with Gasteiger partial charge < -0.3 is 20.1 Å².